The van der Waals surface area contributed by atoms with Gasteiger partial charge in [0.25, 0.3) is 0 Å². The van der Waals surface area contributed by atoms with Gasteiger partial charge >= 0.3 is 6.18 Å². The normalized spacial score (nSPS) is 13.8. The summed E-state index contributed by atoms with van der Waals surface area (Å²) in [5.41, 5.74) is 0. The van der Waals surface area contributed by atoms with Gasteiger partial charge in [-0.1, -0.05) is 6.08 Å². The Kier molecular flexibility index (Phi) is 4.73. The lowest BCUT2D eigenvalue weighted by Crippen LogP contribution is -2.22. The molecule has 0 unspecified atom stereocenters. The molecule has 0 spiro atoms. The summed E-state index contributed by atoms with van der Waals surface area (Å²) in [6.07, 6.45) is -3.25. The van der Waals surface area contributed by atoms with Crippen molar-refractivity contribution in [3.8, 4) is 0 Å². The average Bonchev–Trinajstić information content (AvgIpc) is 1.95. The minimum Gasteiger partial charge on any atom is -0.300 e. The summed E-state index contributed by atoms with van der Waals surface area (Å²) in [6, 6.07) is 0. The molecule has 0 aromatic rings. The maximum Gasteiger partial charge on any atom is 0.392 e. The zero-order chi connectivity index (χ0) is 10.5. The predicted molar refractivity (Wildman–Crippen MR) is 44.3 cm³/mol. The number of alkyl halides is 3. The van der Waals surface area contributed by atoms with E-state index in [1.165, 1.54) is 13.0 Å². The number of carbonyl (C=O) groups excluding carboxylic acids is 1. The van der Waals surface area contributed by atoms with Crippen LogP contribution in [0.1, 0.15) is 26.2 Å². The van der Waals surface area contributed by atoms with E-state index in [1.807, 2.05) is 0 Å². The molecule has 0 saturated heterocycles. The standard InChI is InChI=1S/C9H13F3O/c1-3-4-8(9(10,11)12)6-5-7(2)13/h3,8H,1,4-6H2,2H3/t8-/m0/s1. The Morgan fingerprint density at radius 1 is 1.54 bits per heavy atom. The molecule has 0 rings (SSSR count). The van der Waals surface area contributed by atoms with Gasteiger partial charge in [0.2, 0.25) is 0 Å². The van der Waals surface area contributed by atoms with Crippen LogP contribution in [0.15, 0.2) is 12.7 Å². The van der Waals surface area contributed by atoms with Crippen LogP contribution in [0.2, 0.25) is 0 Å². The maximum atomic E-state index is 12.2. The van der Waals surface area contributed by atoms with E-state index in [0.717, 1.165) is 0 Å². The molecule has 0 saturated carbocycles. The van der Waals surface area contributed by atoms with E-state index in [-0.39, 0.29) is 25.0 Å². The average molecular weight is 194 g/mol. The van der Waals surface area contributed by atoms with Crippen molar-refractivity contribution in [3.05, 3.63) is 12.7 Å². The minimum atomic E-state index is -4.22. The minimum absolute atomic E-state index is 0.0159. The van der Waals surface area contributed by atoms with Crippen molar-refractivity contribution >= 4 is 5.78 Å². The Bertz CT molecular complexity index is 184. The van der Waals surface area contributed by atoms with Gasteiger partial charge in [-0.25, -0.2) is 0 Å². The lowest BCUT2D eigenvalue weighted by Gasteiger charge is -2.17. The molecule has 76 valence electrons. The van der Waals surface area contributed by atoms with Gasteiger partial charge in [-0.15, -0.1) is 6.58 Å². The molecule has 4 heteroatoms. The fourth-order valence-corrected chi connectivity index (χ4v) is 0.994. The van der Waals surface area contributed by atoms with Crippen LogP contribution >= 0.6 is 0 Å². The van der Waals surface area contributed by atoms with E-state index >= 15 is 0 Å². The van der Waals surface area contributed by atoms with E-state index in [9.17, 15) is 18.0 Å². The SMILES string of the molecule is C=CC[C@@H](CCC(C)=O)C(F)(F)F. The number of rotatable bonds is 5. The van der Waals surface area contributed by atoms with E-state index in [4.69, 9.17) is 0 Å². The second-order valence-corrected chi connectivity index (χ2v) is 3.00. The Morgan fingerprint density at radius 2 is 2.08 bits per heavy atom. The number of hydrogen-bond donors (Lipinski definition) is 0. The number of ketones is 1. The van der Waals surface area contributed by atoms with Gasteiger partial charge in [0.1, 0.15) is 5.78 Å². The van der Waals surface area contributed by atoms with Crippen LogP contribution in [-0.2, 0) is 4.79 Å². The zero-order valence-corrected chi connectivity index (χ0v) is 7.53. The topological polar surface area (TPSA) is 17.1 Å². The predicted octanol–water partition coefficient (Wildman–Crippen LogP) is 3.11. The molecule has 0 aromatic carbocycles. The maximum absolute atomic E-state index is 12.2. The van der Waals surface area contributed by atoms with Crippen LogP contribution in [0.3, 0.4) is 0 Å². The molecule has 0 radical (unpaired) electrons. The van der Waals surface area contributed by atoms with Gasteiger partial charge < -0.3 is 4.79 Å². The highest BCUT2D eigenvalue weighted by atomic mass is 19.4. The molecule has 13 heavy (non-hydrogen) atoms. The van der Waals surface area contributed by atoms with Gasteiger partial charge in [-0.2, -0.15) is 13.2 Å². The second kappa shape index (κ2) is 5.04. The monoisotopic (exact) mass is 194 g/mol. The second-order valence-electron chi connectivity index (χ2n) is 3.00. The zero-order valence-electron chi connectivity index (χ0n) is 7.53. The van der Waals surface area contributed by atoms with Crippen LogP contribution in [0.5, 0.6) is 0 Å². The van der Waals surface area contributed by atoms with E-state index in [1.54, 1.807) is 0 Å². The van der Waals surface area contributed by atoms with Gasteiger partial charge in [0, 0.05) is 6.42 Å². The summed E-state index contributed by atoms with van der Waals surface area (Å²) < 4.78 is 36.6. The lowest BCUT2D eigenvalue weighted by molar-refractivity contribution is -0.175. The molecule has 1 nitrogen and oxygen atoms in total. The molecule has 0 amide bonds. The summed E-state index contributed by atoms with van der Waals surface area (Å²) in [5, 5.41) is 0. The van der Waals surface area contributed by atoms with E-state index in [0.29, 0.717) is 0 Å². The van der Waals surface area contributed by atoms with E-state index in [2.05, 4.69) is 6.58 Å². The summed E-state index contributed by atoms with van der Waals surface area (Å²) in [4.78, 5) is 10.5. The van der Waals surface area contributed by atoms with Crippen molar-refractivity contribution in [2.75, 3.05) is 0 Å². The molecule has 0 aromatic heterocycles. The Balaban J connectivity index is 4.10. The van der Waals surface area contributed by atoms with Gasteiger partial charge in [0.05, 0.1) is 5.92 Å². The largest absolute Gasteiger partial charge is 0.392 e. The Morgan fingerprint density at radius 3 is 2.38 bits per heavy atom. The van der Waals surface area contributed by atoms with Gasteiger partial charge in [-0.05, 0) is 19.8 Å². The molecule has 0 N–H and O–H groups in total. The molecule has 0 heterocycles. The third kappa shape index (κ3) is 5.44. The molecule has 0 aliphatic heterocycles. The fourth-order valence-electron chi connectivity index (χ4n) is 0.994. The first-order valence-corrected chi connectivity index (χ1v) is 4.05. The number of halogens is 3. The molecule has 0 aliphatic carbocycles. The molecular weight excluding hydrogens is 181 g/mol. The molecule has 0 bridgehead atoms. The van der Waals surface area contributed by atoms with Crippen LogP contribution in [-0.4, -0.2) is 12.0 Å². The summed E-state index contributed by atoms with van der Waals surface area (Å²) in [5.74, 6) is -1.63. The molecule has 1 atom stereocenters. The first kappa shape index (κ1) is 12.2. The van der Waals surface area contributed by atoms with Crippen molar-refractivity contribution in [2.24, 2.45) is 5.92 Å². The first-order chi connectivity index (χ1) is 5.88. The third-order valence-electron chi connectivity index (χ3n) is 1.76. The Labute approximate surface area is 75.6 Å². The molecule has 0 fully saturated rings. The van der Waals surface area contributed by atoms with Crippen LogP contribution in [0.25, 0.3) is 0 Å². The highest BCUT2D eigenvalue weighted by Crippen LogP contribution is 2.32. The number of allylic oxidation sites excluding steroid dienone is 1. The molecule has 0 aliphatic rings. The number of carbonyl (C=O) groups is 1. The van der Waals surface area contributed by atoms with Gasteiger partial charge in [0.15, 0.2) is 0 Å². The van der Waals surface area contributed by atoms with Crippen molar-refractivity contribution in [1.29, 1.82) is 0 Å². The summed E-state index contributed by atoms with van der Waals surface area (Å²) >= 11 is 0. The molecular formula is C9H13F3O. The third-order valence-corrected chi connectivity index (χ3v) is 1.76. The van der Waals surface area contributed by atoms with Crippen molar-refractivity contribution in [3.63, 3.8) is 0 Å². The summed E-state index contributed by atoms with van der Waals surface area (Å²) in [7, 11) is 0. The Hall–Kier alpha value is -0.800. The van der Waals surface area contributed by atoms with Crippen molar-refractivity contribution in [2.45, 2.75) is 32.4 Å². The van der Waals surface area contributed by atoms with Crippen LogP contribution in [0.4, 0.5) is 13.2 Å². The smallest absolute Gasteiger partial charge is 0.300 e. The lowest BCUT2D eigenvalue weighted by atomic mass is 9.98. The van der Waals surface area contributed by atoms with Crippen molar-refractivity contribution in [1.82, 2.24) is 0 Å². The fraction of sp³-hybridized carbons (Fsp3) is 0.667. The summed E-state index contributed by atoms with van der Waals surface area (Å²) in [6.45, 7) is 4.55. The van der Waals surface area contributed by atoms with E-state index < -0.39 is 12.1 Å². The number of Topliss-reactive ketones (excluding diaryl/α,β-unsaturated/α-hetero) is 1. The van der Waals surface area contributed by atoms with Gasteiger partial charge in [-0.3, -0.25) is 0 Å². The highest BCUT2D eigenvalue weighted by Gasteiger charge is 2.37. The highest BCUT2D eigenvalue weighted by molar-refractivity contribution is 5.75. The first-order valence-electron chi connectivity index (χ1n) is 4.05. The van der Waals surface area contributed by atoms with Crippen LogP contribution in [0, 0.1) is 5.92 Å². The van der Waals surface area contributed by atoms with Crippen LogP contribution < -0.4 is 0 Å². The quantitative estimate of drug-likeness (QED) is 0.614. The number of hydrogen-bond acceptors (Lipinski definition) is 1. The van der Waals surface area contributed by atoms with Crippen molar-refractivity contribution < 1.29 is 18.0 Å².